The molecule has 0 radical (unpaired) electrons. The molecule has 0 aromatic rings. The molecule has 0 saturated carbocycles. The minimum absolute atomic E-state index is 0. The summed E-state index contributed by atoms with van der Waals surface area (Å²) in [5, 5.41) is 0. The van der Waals surface area contributed by atoms with Crippen LogP contribution in [-0.4, -0.2) is 98.9 Å². The maximum Gasteiger partial charge on any atom is 0.376 e. The number of nitrogens with two attached hydrogens (primary N) is 1. The Bertz CT molecular complexity index is 1060. The topological polar surface area (TPSA) is 90.6 Å². The smallest absolute Gasteiger partial charge is 0.376 e. The molecule has 0 saturated heterocycles. The molecule has 2 N–H and O–H groups in total. The summed E-state index contributed by atoms with van der Waals surface area (Å²) in [5.74, 6) is 0.401. The van der Waals surface area contributed by atoms with Gasteiger partial charge in [-0.3, -0.25) is 0 Å². The molecule has 0 rings (SSSR count). The van der Waals surface area contributed by atoms with Gasteiger partial charge in [-0.2, -0.15) is 17.6 Å². The SMILES string of the molecule is C#CCOCCOC(C)(C)CC(F)(F)OC[C-](F)C(F)(F)OC(C)(C)C(C)(N)C(F)(F)OC(C)C(F)(F)COCCC(C)(C)OCC#C.[Fm]. The minimum atomic E-state index is -5.11. The van der Waals surface area contributed by atoms with E-state index in [1.54, 1.807) is 13.8 Å². The molecule has 0 aliphatic rings. The number of halogens is 9. The number of rotatable bonds is 25. The van der Waals surface area contributed by atoms with E-state index in [9.17, 15) is 30.7 Å². The minimum Gasteiger partial charge on any atom is -0.445 e. The fraction of sp³-hybridized carbons (Fsp3) is 0.839. The summed E-state index contributed by atoms with van der Waals surface area (Å²) in [5.41, 5.74) is -3.12. The van der Waals surface area contributed by atoms with Crippen molar-refractivity contribution in [3.05, 3.63) is 6.17 Å². The zero-order valence-electron chi connectivity index (χ0n) is 28.7. The largest absolute Gasteiger partial charge is 0.445 e. The van der Waals surface area contributed by atoms with E-state index in [4.69, 9.17) is 37.5 Å². The van der Waals surface area contributed by atoms with Gasteiger partial charge in [0.2, 0.25) is 0 Å². The van der Waals surface area contributed by atoms with Crippen molar-refractivity contribution in [2.45, 2.75) is 121 Å². The van der Waals surface area contributed by atoms with Crippen molar-refractivity contribution in [1.82, 2.24) is 0 Å². The van der Waals surface area contributed by atoms with Crippen LogP contribution in [0.4, 0.5) is 39.5 Å². The average Bonchev–Trinajstić information content (AvgIpc) is 2.91. The third kappa shape index (κ3) is 16.2. The zero-order valence-corrected chi connectivity index (χ0v) is 31.1. The summed E-state index contributed by atoms with van der Waals surface area (Å²) in [4.78, 5) is 0. The van der Waals surface area contributed by atoms with Gasteiger partial charge in [-0.1, -0.05) is 11.8 Å². The Hall–Kier alpha value is -2.83. The first-order valence-corrected chi connectivity index (χ1v) is 14.6. The molecule has 2 atom stereocenters. The van der Waals surface area contributed by atoms with Gasteiger partial charge in [0.05, 0.1) is 36.4 Å². The molecule has 0 fully saturated rings. The Morgan fingerprint density at radius 2 is 1.31 bits per heavy atom. The number of hydrogen-bond acceptors (Lipinski definition) is 8. The van der Waals surface area contributed by atoms with E-state index in [-0.39, 0.29) is 39.5 Å². The van der Waals surface area contributed by atoms with Crippen molar-refractivity contribution >= 4 is 0 Å². The van der Waals surface area contributed by atoms with Gasteiger partial charge in [-0.25, -0.2) is 17.6 Å². The molecular formula is C31H47F9FmNO7-. The standard InChI is InChI=1S/C31H47F9NO7.Fm/c1-11-14-42-17-18-45-25(6,7)20-29(35,36)46-19-23(32)30(37,38)48-26(8,9)27(10,41)31(39,40)47-22(3)28(33,34)21-43-16-13-24(4,5)44-15-12-2;/h1-2,22H,13-21,41H2,3-10H3;/q-1;. The Kier molecular flexibility index (Phi) is 18.2. The van der Waals surface area contributed by atoms with E-state index in [1.165, 1.54) is 13.8 Å². The molecule has 0 aromatic carbocycles. The zero-order chi connectivity index (χ0) is 37.9. The van der Waals surface area contributed by atoms with Gasteiger partial charge in [0.15, 0.2) is 0 Å². The normalized spacial score (nSPS) is 15.7. The van der Waals surface area contributed by atoms with Gasteiger partial charge in [0.25, 0.3) is 12.0 Å². The van der Waals surface area contributed by atoms with Crippen molar-refractivity contribution in [2.24, 2.45) is 5.73 Å². The molecule has 8 nitrogen and oxygen atoms in total. The first-order chi connectivity index (χ1) is 21.5. The predicted molar refractivity (Wildman–Crippen MR) is 157 cm³/mol. The predicted octanol–water partition coefficient (Wildman–Crippen LogP) is 6.51. The van der Waals surface area contributed by atoms with Crippen LogP contribution in [0.15, 0.2) is 0 Å². The van der Waals surface area contributed by atoms with Crippen molar-refractivity contribution in [1.29, 1.82) is 0 Å². The summed E-state index contributed by atoms with van der Waals surface area (Å²) in [7, 11) is 0. The molecule has 0 spiro atoms. The first kappa shape index (κ1) is 48.3. The molecule has 294 valence electrons. The Balaban J connectivity index is 0. The Labute approximate surface area is 276 Å². The molecule has 0 heterocycles. The number of terminal acetylenes is 2. The molecule has 0 aromatic heterocycles. The van der Waals surface area contributed by atoms with Gasteiger partial charge in [0, 0.05) is 6.61 Å². The second kappa shape index (κ2) is 18.4. The molecule has 0 aliphatic heterocycles. The number of hydrogen-bond donors (Lipinski definition) is 1. The van der Waals surface area contributed by atoms with Gasteiger partial charge in [-0.15, -0.1) is 12.8 Å². The third-order valence-electron chi connectivity index (χ3n) is 7.11. The van der Waals surface area contributed by atoms with Gasteiger partial charge < -0.3 is 43.3 Å². The number of alkyl halides is 8. The molecule has 2 unspecified atom stereocenters. The fourth-order valence-electron chi connectivity index (χ4n) is 3.57. The molecule has 49 heavy (non-hydrogen) atoms. The van der Waals surface area contributed by atoms with E-state index in [1.807, 2.05) is 0 Å². The van der Waals surface area contributed by atoms with Crippen LogP contribution < -0.4 is 5.73 Å². The van der Waals surface area contributed by atoms with Crippen LogP contribution in [0.2, 0.25) is 0 Å². The van der Waals surface area contributed by atoms with Crippen molar-refractivity contribution in [3.8, 4) is 24.7 Å². The Morgan fingerprint density at radius 3 is 1.84 bits per heavy atom. The summed E-state index contributed by atoms with van der Waals surface area (Å²) in [6.45, 7) is 3.89. The monoisotopic (exact) mass is 973 g/mol. The summed E-state index contributed by atoms with van der Waals surface area (Å²) in [6, 6.07) is 0. The van der Waals surface area contributed by atoms with Crippen LogP contribution in [0.1, 0.15) is 68.2 Å². The van der Waals surface area contributed by atoms with Crippen LogP contribution in [0.3, 0.4) is 0 Å². The van der Waals surface area contributed by atoms with Gasteiger partial charge in [0.1, 0.15) is 31.5 Å². The van der Waals surface area contributed by atoms with Crippen LogP contribution in [0, 0.1) is 30.9 Å². The van der Waals surface area contributed by atoms with Crippen LogP contribution in [0.5, 0.6) is 0 Å². The van der Waals surface area contributed by atoms with E-state index in [0.717, 1.165) is 0 Å². The maximum absolute atomic E-state index is 15.2. The van der Waals surface area contributed by atoms with Crippen molar-refractivity contribution < 1.29 is 72.7 Å². The Morgan fingerprint density at radius 1 is 0.755 bits per heavy atom. The quantitative estimate of drug-likeness (QED) is 0.0481. The molecule has 0 bridgehead atoms. The second-order valence-electron chi connectivity index (χ2n) is 12.8. The average molecular weight is 974 g/mol. The van der Waals surface area contributed by atoms with Crippen LogP contribution in [0.25, 0.3) is 0 Å². The first-order valence-electron chi connectivity index (χ1n) is 14.6. The molecular weight excluding hydrogens is 926 g/mol. The van der Waals surface area contributed by atoms with E-state index in [0.29, 0.717) is 27.7 Å². The fourth-order valence-corrected chi connectivity index (χ4v) is 3.57. The third-order valence-corrected chi connectivity index (χ3v) is 7.11. The maximum atomic E-state index is 15.2. The van der Waals surface area contributed by atoms with E-state index < -0.39 is 78.5 Å². The van der Waals surface area contributed by atoms with E-state index >= 15 is 8.78 Å². The summed E-state index contributed by atoms with van der Waals surface area (Å²) in [6.07, 6.45) is -10.3. The van der Waals surface area contributed by atoms with Gasteiger partial charge >= 0.3 is 12.2 Å². The van der Waals surface area contributed by atoms with E-state index in [2.05, 4.69) is 26.1 Å². The summed E-state index contributed by atoms with van der Waals surface area (Å²) >= 11 is 0. The summed E-state index contributed by atoms with van der Waals surface area (Å²) < 4.78 is 165. The van der Waals surface area contributed by atoms with Crippen molar-refractivity contribution in [3.63, 3.8) is 0 Å². The van der Waals surface area contributed by atoms with Crippen LogP contribution in [-0.2, 0) is 33.2 Å². The number of ether oxygens (including phenoxy) is 7. The van der Waals surface area contributed by atoms with Crippen LogP contribution >= 0.6 is 0 Å². The molecule has 0 amide bonds. The van der Waals surface area contributed by atoms with Crippen molar-refractivity contribution in [2.75, 3.05) is 46.2 Å². The molecule has 18 heteroatoms. The molecule has 0 aliphatic carbocycles. The van der Waals surface area contributed by atoms with Gasteiger partial charge in [-0.05, 0) is 74.6 Å². The second-order valence-corrected chi connectivity index (χ2v) is 12.8.